The minimum atomic E-state index is -3.06. The summed E-state index contributed by atoms with van der Waals surface area (Å²) >= 11 is 6.40. The fourth-order valence-electron chi connectivity index (χ4n) is 3.71. The van der Waals surface area contributed by atoms with E-state index in [4.69, 9.17) is 16.3 Å². The molecule has 1 saturated heterocycles. The molecule has 0 bridgehead atoms. The number of imidazole rings is 1. The van der Waals surface area contributed by atoms with Gasteiger partial charge in [0.05, 0.1) is 41.9 Å². The standard InChI is InChI=1S/C20H24ClN5O4S/c1-31(28,29)12-4-7-25-16-6-3-2-5-15(16)23-18(25)14-26-20(27)19(21)17(13-22-26)24-8-10-30-11-9-24/h2-3,5-6,13H,4,7-12,14H2,1H3. The molecule has 3 aromatic rings. The number of sulfone groups is 1. The smallest absolute Gasteiger partial charge is 0.288 e. The maximum atomic E-state index is 12.9. The molecule has 1 aliphatic rings. The van der Waals surface area contributed by atoms with Gasteiger partial charge >= 0.3 is 0 Å². The first-order valence-corrected chi connectivity index (χ1v) is 12.5. The molecule has 0 aliphatic carbocycles. The zero-order valence-electron chi connectivity index (χ0n) is 17.2. The molecule has 1 aromatic carbocycles. The van der Waals surface area contributed by atoms with Crippen LogP contribution in [-0.2, 0) is 27.7 Å². The fourth-order valence-corrected chi connectivity index (χ4v) is 4.63. The van der Waals surface area contributed by atoms with Crippen molar-refractivity contribution in [3.8, 4) is 0 Å². The van der Waals surface area contributed by atoms with Gasteiger partial charge in [0, 0.05) is 25.9 Å². The molecule has 0 N–H and O–H groups in total. The van der Waals surface area contributed by atoms with E-state index in [1.165, 1.54) is 10.9 Å². The number of anilines is 1. The lowest BCUT2D eigenvalue weighted by Crippen LogP contribution is -2.38. The van der Waals surface area contributed by atoms with Gasteiger partial charge in [-0.3, -0.25) is 4.79 Å². The molecule has 0 atom stereocenters. The summed E-state index contributed by atoms with van der Waals surface area (Å²) in [7, 11) is -3.06. The lowest BCUT2D eigenvalue weighted by atomic mass is 10.3. The number of nitrogens with zero attached hydrogens (tertiary/aromatic N) is 5. The van der Waals surface area contributed by atoms with E-state index in [0.717, 1.165) is 11.0 Å². The number of aryl methyl sites for hydroxylation is 1. The molecule has 2 aromatic heterocycles. The normalized spacial score (nSPS) is 15.0. The Balaban J connectivity index is 1.64. The van der Waals surface area contributed by atoms with Crippen molar-refractivity contribution in [3.63, 3.8) is 0 Å². The average Bonchev–Trinajstić information content (AvgIpc) is 3.08. The Morgan fingerprint density at radius 2 is 1.94 bits per heavy atom. The molecule has 4 rings (SSSR count). The number of hydrogen-bond acceptors (Lipinski definition) is 7. The summed E-state index contributed by atoms with van der Waals surface area (Å²) in [5.74, 6) is 0.705. The summed E-state index contributed by atoms with van der Waals surface area (Å²) in [4.78, 5) is 19.5. The minimum absolute atomic E-state index is 0.0806. The summed E-state index contributed by atoms with van der Waals surface area (Å²) in [6, 6.07) is 7.60. The number of halogens is 1. The molecule has 11 heteroatoms. The van der Waals surface area contributed by atoms with Gasteiger partial charge < -0.3 is 14.2 Å². The van der Waals surface area contributed by atoms with Gasteiger partial charge in [-0.15, -0.1) is 0 Å². The van der Waals surface area contributed by atoms with Crippen molar-refractivity contribution < 1.29 is 13.2 Å². The van der Waals surface area contributed by atoms with Crippen LogP contribution in [0.25, 0.3) is 11.0 Å². The van der Waals surface area contributed by atoms with Crippen LogP contribution in [0.15, 0.2) is 35.3 Å². The Kier molecular flexibility index (Phi) is 6.31. The second-order valence-electron chi connectivity index (χ2n) is 7.56. The van der Waals surface area contributed by atoms with Crippen LogP contribution in [0.4, 0.5) is 5.69 Å². The number of ether oxygens (including phenoxy) is 1. The Labute approximate surface area is 185 Å². The first kappa shape index (κ1) is 21.8. The highest BCUT2D eigenvalue weighted by atomic mass is 35.5. The SMILES string of the molecule is CS(=O)(=O)CCCn1c(Cn2ncc(N3CCOCC3)c(Cl)c2=O)nc2ccccc21. The van der Waals surface area contributed by atoms with Crippen LogP contribution < -0.4 is 10.5 Å². The predicted octanol–water partition coefficient (Wildman–Crippen LogP) is 1.57. The van der Waals surface area contributed by atoms with Crippen molar-refractivity contribution in [1.82, 2.24) is 19.3 Å². The Morgan fingerprint density at radius 1 is 1.19 bits per heavy atom. The molecule has 31 heavy (non-hydrogen) atoms. The Bertz CT molecular complexity index is 1250. The van der Waals surface area contributed by atoms with Crippen LogP contribution in [0, 0.1) is 0 Å². The molecule has 0 unspecified atom stereocenters. The number of aromatic nitrogens is 4. The molecule has 166 valence electrons. The van der Waals surface area contributed by atoms with Gasteiger partial charge in [-0.25, -0.2) is 18.1 Å². The van der Waals surface area contributed by atoms with E-state index in [9.17, 15) is 13.2 Å². The van der Waals surface area contributed by atoms with Gasteiger partial charge in [-0.1, -0.05) is 23.7 Å². The third-order valence-corrected chi connectivity index (χ3v) is 6.63. The second-order valence-corrected chi connectivity index (χ2v) is 10.2. The van der Waals surface area contributed by atoms with E-state index in [2.05, 4.69) is 10.1 Å². The maximum absolute atomic E-state index is 12.9. The minimum Gasteiger partial charge on any atom is -0.378 e. The van der Waals surface area contributed by atoms with Crippen molar-refractivity contribution in [3.05, 3.63) is 51.7 Å². The highest BCUT2D eigenvalue weighted by molar-refractivity contribution is 7.90. The molecule has 0 spiro atoms. The highest BCUT2D eigenvalue weighted by Gasteiger charge is 2.19. The third kappa shape index (κ3) is 4.91. The molecule has 0 amide bonds. The largest absolute Gasteiger partial charge is 0.378 e. The van der Waals surface area contributed by atoms with Crippen LogP contribution in [0.2, 0.25) is 5.02 Å². The molecule has 1 fully saturated rings. The quantitative estimate of drug-likeness (QED) is 0.522. The van der Waals surface area contributed by atoms with Crippen LogP contribution in [0.5, 0.6) is 0 Å². The van der Waals surface area contributed by atoms with Crippen LogP contribution in [0.3, 0.4) is 0 Å². The summed E-state index contributed by atoms with van der Waals surface area (Å²) < 4.78 is 31.7. The summed E-state index contributed by atoms with van der Waals surface area (Å²) in [6.45, 7) is 3.07. The predicted molar refractivity (Wildman–Crippen MR) is 120 cm³/mol. The van der Waals surface area contributed by atoms with Gasteiger partial charge in [-0.05, 0) is 18.6 Å². The third-order valence-electron chi connectivity index (χ3n) is 5.24. The van der Waals surface area contributed by atoms with E-state index in [0.29, 0.717) is 50.8 Å². The number of morpholine rings is 1. The van der Waals surface area contributed by atoms with Gasteiger partial charge in [-0.2, -0.15) is 5.10 Å². The van der Waals surface area contributed by atoms with E-state index in [-0.39, 0.29) is 22.9 Å². The lowest BCUT2D eigenvalue weighted by molar-refractivity contribution is 0.122. The number of hydrogen-bond donors (Lipinski definition) is 0. The second kappa shape index (κ2) is 8.97. The molecule has 9 nitrogen and oxygen atoms in total. The van der Waals surface area contributed by atoms with Crippen LogP contribution in [-0.4, -0.2) is 66.1 Å². The van der Waals surface area contributed by atoms with E-state index in [1.807, 2.05) is 33.7 Å². The van der Waals surface area contributed by atoms with Crippen molar-refractivity contribution >= 4 is 38.2 Å². The molecular weight excluding hydrogens is 442 g/mol. The van der Waals surface area contributed by atoms with Crippen molar-refractivity contribution in [2.75, 3.05) is 43.2 Å². The van der Waals surface area contributed by atoms with Gasteiger partial charge in [0.25, 0.3) is 5.56 Å². The fraction of sp³-hybridized carbons (Fsp3) is 0.450. The first-order chi connectivity index (χ1) is 14.8. The molecule has 3 heterocycles. The number of para-hydroxylation sites is 2. The van der Waals surface area contributed by atoms with Crippen molar-refractivity contribution in [2.24, 2.45) is 0 Å². The number of rotatable bonds is 7. The Hall–Kier alpha value is -2.43. The van der Waals surface area contributed by atoms with Gasteiger partial charge in [0.1, 0.15) is 27.2 Å². The van der Waals surface area contributed by atoms with E-state index < -0.39 is 9.84 Å². The Morgan fingerprint density at radius 3 is 2.68 bits per heavy atom. The molecule has 0 radical (unpaired) electrons. The van der Waals surface area contributed by atoms with Crippen molar-refractivity contribution in [2.45, 2.75) is 19.5 Å². The zero-order chi connectivity index (χ0) is 22.0. The van der Waals surface area contributed by atoms with Crippen LogP contribution in [0.1, 0.15) is 12.2 Å². The molecule has 1 aliphatic heterocycles. The number of fused-ring (bicyclic) bond motifs is 1. The summed E-state index contributed by atoms with van der Waals surface area (Å²) in [5, 5.41) is 4.45. The lowest BCUT2D eigenvalue weighted by Gasteiger charge is -2.29. The monoisotopic (exact) mass is 465 g/mol. The van der Waals surface area contributed by atoms with E-state index in [1.54, 1.807) is 6.20 Å². The highest BCUT2D eigenvalue weighted by Crippen LogP contribution is 2.22. The van der Waals surface area contributed by atoms with Gasteiger partial charge in [0.2, 0.25) is 0 Å². The summed E-state index contributed by atoms with van der Waals surface area (Å²) in [5.41, 5.74) is 1.88. The van der Waals surface area contributed by atoms with E-state index >= 15 is 0 Å². The molecule has 0 saturated carbocycles. The average molecular weight is 466 g/mol. The zero-order valence-corrected chi connectivity index (χ0v) is 18.8. The topological polar surface area (TPSA) is 99.3 Å². The van der Waals surface area contributed by atoms with Crippen LogP contribution >= 0.6 is 11.6 Å². The number of benzene rings is 1. The van der Waals surface area contributed by atoms with Gasteiger partial charge in [0.15, 0.2) is 0 Å². The maximum Gasteiger partial charge on any atom is 0.288 e. The first-order valence-electron chi connectivity index (χ1n) is 10.0. The molecular formula is C20H24ClN5O4S. The summed E-state index contributed by atoms with van der Waals surface area (Å²) in [6.07, 6.45) is 3.28. The van der Waals surface area contributed by atoms with Crippen molar-refractivity contribution in [1.29, 1.82) is 0 Å².